The summed E-state index contributed by atoms with van der Waals surface area (Å²) in [5.74, 6) is 0.994. The Morgan fingerprint density at radius 1 is 1.25 bits per heavy atom. The van der Waals surface area contributed by atoms with E-state index in [-0.39, 0.29) is 11.8 Å². The van der Waals surface area contributed by atoms with E-state index in [9.17, 15) is 4.79 Å². The van der Waals surface area contributed by atoms with Gasteiger partial charge in [-0.05, 0) is 43.2 Å². The third kappa shape index (κ3) is 3.66. The lowest BCUT2D eigenvalue weighted by Crippen LogP contribution is -2.41. The molecule has 1 aliphatic heterocycles. The number of benzene rings is 1. The molecule has 1 unspecified atom stereocenters. The van der Waals surface area contributed by atoms with E-state index in [0.717, 1.165) is 42.1 Å². The first-order valence-corrected chi connectivity index (χ1v) is 9.21. The quantitative estimate of drug-likeness (QED) is 0.729. The lowest BCUT2D eigenvalue weighted by Gasteiger charge is -2.31. The number of nitrogens with zero attached hydrogens (tertiary/aromatic N) is 5. The second kappa shape index (κ2) is 7.67. The maximum Gasteiger partial charge on any atom is 0.225 e. The van der Waals surface area contributed by atoms with Crippen LogP contribution in [-0.2, 0) is 4.79 Å². The van der Waals surface area contributed by atoms with Crippen LogP contribution in [0.15, 0.2) is 48.9 Å². The Balaban J connectivity index is 1.56. The third-order valence-corrected chi connectivity index (χ3v) is 4.96. The number of anilines is 1. The highest BCUT2D eigenvalue weighted by Crippen LogP contribution is 2.24. The summed E-state index contributed by atoms with van der Waals surface area (Å²) in [5, 5.41) is 4.44. The van der Waals surface area contributed by atoms with Gasteiger partial charge in [-0.1, -0.05) is 0 Å². The van der Waals surface area contributed by atoms with Crippen LogP contribution < -0.4 is 15.4 Å². The van der Waals surface area contributed by atoms with Crippen LogP contribution in [0.1, 0.15) is 12.8 Å². The van der Waals surface area contributed by atoms with Gasteiger partial charge in [0.1, 0.15) is 5.75 Å². The SMILES string of the molecule is COc1ccc(-n2cc(-c3ccnc(N4CCCC(C(N)=O)C4)n3)cn2)cc1. The van der Waals surface area contributed by atoms with Crippen LogP contribution in [0.5, 0.6) is 5.75 Å². The minimum Gasteiger partial charge on any atom is -0.497 e. The zero-order chi connectivity index (χ0) is 19.5. The van der Waals surface area contributed by atoms with E-state index in [1.807, 2.05) is 41.4 Å². The second-order valence-corrected chi connectivity index (χ2v) is 6.80. The predicted octanol–water partition coefficient (Wildman–Crippen LogP) is 2.04. The number of hydrogen-bond donors (Lipinski definition) is 1. The maximum absolute atomic E-state index is 11.5. The molecule has 0 radical (unpaired) electrons. The first-order chi connectivity index (χ1) is 13.6. The Hall–Kier alpha value is -3.42. The van der Waals surface area contributed by atoms with Gasteiger partial charge >= 0.3 is 0 Å². The molecule has 0 aliphatic carbocycles. The number of nitrogens with two attached hydrogens (primary N) is 1. The van der Waals surface area contributed by atoms with Crippen LogP contribution in [0.25, 0.3) is 16.9 Å². The number of carbonyl (C=O) groups excluding carboxylic acids is 1. The summed E-state index contributed by atoms with van der Waals surface area (Å²) in [6.45, 7) is 1.38. The van der Waals surface area contributed by atoms with Gasteiger partial charge < -0.3 is 15.4 Å². The number of hydrogen-bond acceptors (Lipinski definition) is 6. The Morgan fingerprint density at radius 3 is 2.82 bits per heavy atom. The van der Waals surface area contributed by atoms with E-state index in [4.69, 9.17) is 10.5 Å². The van der Waals surface area contributed by atoms with Crippen molar-refractivity contribution in [1.82, 2.24) is 19.7 Å². The summed E-state index contributed by atoms with van der Waals surface area (Å²) in [6, 6.07) is 9.53. The summed E-state index contributed by atoms with van der Waals surface area (Å²) in [6.07, 6.45) is 7.15. The normalized spacial score (nSPS) is 16.8. The minimum atomic E-state index is -0.262. The molecule has 28 heavy (non-hydrogen) atoms. The minimum absolute atomic E-state index is 0.154. The van der Waals surface area contributed by atoms with Gasteiger partial charge in [-0.15, -0.1) is 0 Å². The Bertz CT molecular complexity index is 969. The fraction of sp³-hybridized carbons (Fsp3) is 0.300. The fourth-order valence-electron chi connectivity index (χ4n) is 3.38. The fourth-order valence-corrected chi connectivity index (χ4v) is 3.38. The highest BCUT2D eigenvalue weighted by molar-refractivity contribution is 5.77. The van der Waals surface area contributed by atoms with E-state index < -0.39 is 0 Å². The molecular formula is C20H22N6O2. The Morgan fingerprint density at radius 2 is 2.07 bits per heavy atom. The first kappa shape index (κ1) is 18.0. The van der Waals surface area contributed by atoms with Crippen LogP contribution in [0.4, 0.5) is 5.95 Å². The van der Waals surface area contributed by atoms with Crippen LogP contribution in [0.2, 0.25) is 0 Å². The highest BCUT2D eigenvalue weighted by Gasteiger charge is 2.25. The molecule has 1 fully saturated rings. The standard InChI is InChI=1S/C20H22N6O2/c1-28-17-6-4-16(5-7-17)26-13-15(11-23-26)18-8-9-22-20(24-18)25-10-2-3-14(12-25)19(21)27/h4-9,11,13-14H,2-3,10,12H2,1H3,(H2,21,27). The molecule has 0 spiro atoms. The molecule has 1 aliphatic rings. The van der Waals surface area contributed by atoms with E-state index in [1.54, 1.807) is 24.2 Å². The third-order valence-electron chi connectivity index (χ3n) is 4.96. The zero-order valence-corrected chi connectivity index (χ0v) is 15.7. The molecule has 1 amide bonds. The number of methoxy groups -OCH3 is 1. The predicted molar refractivity (Wildman–Crippen MR) is 105 cm³/mol. The summed E-state index contributed by atoms with van der Waals surface area (Å²) in [7, 11) is 1.64. The van der Waals surface area contributed by atoms with Gasteiger partial charge in [-0.25, -0.2) is 14.6 Å². The van der Waals surface area contributed by atoms with Crippen molar-refractivity contribution in [2.75, 3.05) is 25.1 Å². The molecule has 4 rings (SSSR count). The topological polar surface area (TPSA) is 99.2 Å². The van der Waals surface area contributed by atoms with Gasteiger partial charge in [0.15, 0.2) is 0 Å². The Kier molecular flexibility index (Phi) is 4.92. The molecule has 144 valence electrons. The van der Waals surface area contributed by atoms with E-state index >= 15 is 0 Å². The van der Waals surface area contributed by atoms with Crippen molar-refractivity contribution in [3.63, 3.8) is 0 Å². The van der Waals surface area contributed by atoms with Crippen LogP contribution >= 0.6 is 0 Å². The van der Waals surface area contributed by atoms with Crippen molar-refractivity contribution in [3.8, 4) is 22.7 Å². The molecule has 8 nitrogen and oxygen atoms in total. The molecule has 2 N–H and O–H groups in total. The molecule has 3 heterocycles. The maximum atomic E-state index is 11.5. The molecule has 1 aromatic carbocycles. The van der Waals surface area contributed by atoms with Gasteiger partial charge in [0.05, 0.1) is 30.6 Å². The smallest absolute Gasteiger partial charge is 0.225 e. The van der Waals surface area contributed by atoms with Crippen molar-refractivity contribution < 1.29 is 9.53 Å². The number of carbonyl (C=O) groups is 1. The van der Waals surface area contributed by atoms with Gasteiger partial charge in [-0.2, -0.15) is 5.10 Å². The summed E-state index contributed by atoms with van der Waals surface area (Å²) in [4.78, 5) is 22.6. The van der Waals surface area contributed by atoms with Gasteiger partial charge in [0, 0.05) is 31.0 Å². The van der Waals surface area contributed by atoms with Crippen molar-refractivity contribution in [1.29, 1.82) is 0 Å². The van der Waals surface area contributed by atoms with E-state index in [1.165, 1.54) is 0 Å². The number of primary amides is 1. The monoisotopic (exact) mass is 378 g/mol. The van der Waals surface area contributed by atoms with Gasteiger partial charge in [-0.3, -0.25) is 4.79 Å². The number of amides is 1. The second-order valence-electron chi connectivity index (χ2n) is 6.80. The summed E-state index contributed by atoms with van der Waals surface area (Å²) < 4.78 is 6.98. The van der Waals surface area contributed by atoms with Gasteiger partial charge in [0.2, 0.25) is 11.9 Å². The Labute approximate surface area is 163 Å². The molecule has 3 aromatic rings. The average Bonchev–Trinajstić information content (AvgIpc) is 3.24. The molecule has 0 bridgehead atoms. The number of rotatable bonds is 5. The van der Waals surface area contributed by atoms with Crippen LogP contribution in [-0.4, -0.2) is 45.9 Å². The van der Waals surface area contributed by atoms with Crippen molar-refractivity contribution in [2.45, 2.75) is 12.8 Å². The molecule has 1 atom stereocenters. The van der Waals surface area contributed by atoms with Gasteiger partial charge in [0.25, 0.3) is 0 Å². The molecule has 8 heteroatoms. The molecule has 1 saturated heterocycles. The largest absolute Gasteiger partial charge is 0.497 e. The summed E-state index contributed by atoms with van der Waals surface area (Å²) >= 11 is 0. The highest BCUT2D eigenvalue weighted by atomic mass is 16.5. The van der Waals surface area contributed by atoms with Crippen molar-refractivity contribution >= 4 is 11.9 Å². The van der Waals surface area contributed by atoms with Crippen molar-refractivity contribution in [3.05, 3.63) is 48.9 Å². The lowest BCUT2D eigenvalue weighted by molar-refractivity contribution is -0.122. The zero-order valence-electron chi connectivity index (χ0n) is 15.7. The van der Waals surface area contributed by atoms with E-state index in [0.29, 0.717) is 12.5 Å². The summed E-state index contributed by atoms with van der Waals surface area (Å²) in [5.41, 5.74) is 8.09. The van der Waals surface area contributed by atoms with E-state index in [2.05, 4.69) is 15.1 Å². The first-order valence-electron chi connectivity index (χ1n) is 9.21. The average molecular weight is 378 g/mol. The number of ether oxygens (including phenoxy) is 1. The molecule has 2 aromatic heterocycles. The molecule has 0 saturated carbocycles. The number of aromatic nitrogens is 4. The van der Waals surface area contributed by atoms with Crippen LogP contribution in [0, 0.1) is 5.92 Å². The number of piperidine rings is 1. The molecular weight excluding hydrogens is 356 g/mol. The van der Waals surface area contributed by atoms with Crippen molar-refractivity contribution in [2.24, 2.45) is 11.7 Å². The lowest BCUT2D eigenvalue weighted by atomic mass is 9.98. The van der Waals surface area contributed by atoms with Crippen LogP contribution in [0.3, 0.4) is 0 Å².